The SMILES string of the molecule is Cc1ccc(C)c(Nc2cnc(C(=O)NC3CCS(=O)(=O)C3)cn2)c1. The maximum atomic E-state index is 12.2. The molecule has 0 radical (unpaired) electrons. The molecule has 0 aliphatic carbocycles. The van der Waals surface area contributed by atoms with Crippen molar-refractivity contribution in [3.63, 3.8) is 0 Å². The Morgan fingerprint density at radius 1 is 1.20 bits per heavy atom. The van der Waals surface area contributed by atoms with Crippen LogP contribution < -0.4 is 10.6 Å². The molecule has 0 spiro atoms. The highest BCUT2D eigenvalue weighted by Crippen LogP contribution is 2.20. The molecule has 0 saturated carbocycles. The molecule has 2 aromatic rings. The van der Waals surface area contributed by atoms with Crippen LogP contribution in [0.1, 0.15) is 28.0 Å². The summed E-state index contributed by atoms with van der Waals surface area (Å²) < 4.78 is 22.9. The third-order valence-corrected chi connectivity index (χ3v) is 5.88. The Morgan fingerprint density at radius 2 is 2.00 bits per heavy atom. The number of nitrogens with one attached hydrogen (secondary N) is 2. The van der Waals surface area contributed by atoms with Crippen molar-refractivity contribution >= 4 is 27.2 Å². The number of rotatable bonds is 4. The second-order valence-corrected chi connectivity index (χ2v) is 8.53. The van der Waals surface area contributed by atoms with Crippen molar-refractivity contribution in [2.75, 3.05) is 16.8 Å². The van der Waals surface area contributed by atoms with Crippen LogP contribution in [0.4, 0.5) is 11.5 Å². The third kappa shape index (κ3) is 4.33. The van der Waals surface area contributed by atoms with Crippen LogP contribution in [0.2, 0.25) is 0 Å². The Kier molecular flexibility index (Phi) is 4.71. The van der Waals surface area contributed by atoms with Gasteiger partial charge in [0.1, 0.15) is 11.5 Å². The zero-order valence-electron chi connectivity index (χ0n) is 14.1. The second-order valence-electron chi connectivity index (χ2n) is 6.30. The summed E-state index contributed by atoms with van der Waals surface area (Å²) in [7, 11) is -3.03. The fourth-order valence-corrected chi connectivity index (χ4v) is 4.36. The topological polar surface area (TPSA) is 101 Å². The van der Waals surface area contributed by atoms with Gasteiger partial charge in [-0.25, -0.2) is 18.4 Å². The molecule has 25 heavy (non-hydrogen) atoms. The maximum absolute atomic E-state index is 12.2. The first-order valence-corrected chi connectivity index (χ1v) is 9.82. The number of hydrogen-bond acceptors (Lipinski definition) is 6. The Balaban J connectivity index is 1.65. The van der Waals surface area contributed by atoms with Crippen LogP contribution in [0.25, 0.3) is 0 Å². The number of aryl methyl sites for hydroxylation is 2. The molecular formula is C17H20N4O3S. The number of amides is 1. The fourth-order valence-electron chi connectivity index (χ4n) is 2.69. The van der Waals surface area contributed by atoms with Crippen molar-refractivity contribution in [2.45, 2.75) is 26.3 Å². The summed E-state index contributed by atoms with van der Waals surface area (Å²) in [5.74, 6) is 0.224. The van der Waals surface area contributed by atoms with Gasteiger partial charge in [-0.2, -0.15) is 0 Å². The summed E-state index contributed by atoms with van der Waals surface area (Å²) in [6, 6.07) is 5.70. The number of sulfone groups is 1. The molecule has 1 saturated heterocycles. The van der Waals surface area contributed by atoms with Crippen molar-refractivity contribution in [3.05, 3.63) is 47.4 Å². The van der Waals surface area contributed by atoms with Crippen LogP contribution >= 0.6 is 0 Å². The molecule has 3 rings (SSSR count). The Hall–Kier alpha value is -2.48. The second kappa shape index (κ2) is 6.79. The molecule has 132 valence electrons. The molecule has 1 aromatic heterocycles. The first kappa shape index (κ1) is 17.3. The van der Waals surface area contributed by atoms with Gasteiger partial charge in [0.15, 0.2) is 9.84 Å². The Bertz CT molecular complexity index is 895. The van der Waals surface area contributed by atoms with E-state index in [0.29, 0.717) is 12.2 Å². The predicted molar refractivity (Wildman–Crippen MR) is 95.8 cm³/mol. The Morgan fingerprint density at radius 3 is 2.64 bits per heavy atom. The minimum Gasteiger partial charge on any atom is -0.347 e. The van der Waals surface area contributed by atoms with Crippen LogP contribution in [-0.4, -0.2) is 41.8 Å². The van der Waals surface area contributed by atoms with Crippen molar-refractivity contribution in [1.29, 1.82) is 0 Å². The zero-order valence-corrected chi connectivity index (χ0v) is 14.9. The van der Waals surface area contributed by atoms with Crippen LogP contribution in [0, 0.1) is 13.8 Å². The van der Waals surface area contributed by atoms with Gasteiger partial charge in [0.2, 0.25) is 0 Å². The van der Waals surface area contributed by atoms with Crippen molar-refractivity contribution in [2.24, 2.45) is 0 Å². The van der Waals surface area contributed by atoms with Gasteiger partial charge in [-0.3, -0.25) is 4.79 Å². The summed E-state index contributed by atoms with van der Waals surface area (Å²) in [4.78, 5) is 20.5. The molecule has 1 atom stereocenters. The van der Waals surface area contributed by atoms with Gasteiger partial charge in [0.05, 0.1) is 23.9 Å². The minimum atomic E-state index is -3.03. The van der Waals surface area contributed by atoms with E-state index in [1.165, 1.54) is 12.4 Å². The van der Waals surface area contributed by atoms with Gasteiger partial charge in [-0.05, 0) is 37.5 Å². The number of hydrogen-bond donors (Lipinski definition) is 2. The standard InChI is InChI=1S/C17H20N4O3S/c1-11-3-4-12(2)14(7-11)21-16-9-18-15(8-19-16)17(22)20-13-5-6-25(23,24)10-13/h3-4,7-9,13H,5-6,10H2,1-2H3,(H,19,21)(H,20,22). The van der Waals surface area contributed by atoms with E-state index < -0.39 is 15.7 Å². The van der Waals surface area contributed by atoms with E-state index >= 15 is 0 Å². The minimum absolute atomic E-state index is 0.0154. The predicted octanol–water partition coefficient (Wildman–Crippen LogP) is 1.75. The van der Waals surface area contributed by atoms with E-state index in [1.807, 2.05) is 32.0 Å². The van der Waals surface area contributed by atoms with E-state index in [4.69, 9.17) is 0 Å². The number of aromatic nitrogens is 2. The number of anilines is 2. The lowest BCUT2D eigenvalue weighted by Gasteiger charge is -2.11. The Labute approximate surface area is 146 Å². The van der Waals surface area contributed by atoms with E-state index in [9.17, 15) is 13.2 Å². The molecular weight excluding hydrogens is 340 g/mol. The lowest BCUT2D eigenvalue weighted by Crippen LogP contribution is -2.36. The van der Waals surface area contributed by atoms with Gasteiger partial charge in [0, 0.05) is 11.7 Å². The fraction of sp³-hybridized carbons (Fsp3) is 0.353. The molecule has 2 heterocycles. The highest BCUT2D eigenvalue weighted by molar-refractivity contribution is 7.91. The molecule has 1 aromatic carbocycles. The summed E-state index contributed by atoms with van der Waals surface area (Å²) in [6.07, 6.45) is 3.31. The summed E-state index contributed by atoms with van der Waals surface area (Å²) in [5, 5.41) is 5.87. The van der Waals surface area contributed by atoms with Crippen LogP contribution in [0.3, 0.4) is 0 Å². The average Bonchev–Trinajstić information content (AvgIpc) is 2.90. The van der Waals surface area contributed by atoms with E-state index in [0.717, 1.165) is 16.8 Å². The normalized spacial score (nSPS) is 18.7. The molecule has 1 aliphatic rings. The molecule has 1 amide bonds. The van der Waals surface area contributed by atoms with E-state index in [2.05, 4.69) is 20.6 Å². The number of benzene rings is 1. The zero-order chi connectivity index (χ0) is 18.0. The highest BCUT2D eigenvalue weighted by Gasteiger charge is 2.29. The first-order chi connectivity index (χ1) is 11.8. The maximum Gasteiger partial charge on any atom is 0.271 e. The molecule has 8 heteroatoms. The van der Waals surface area contributed by atoms with Gasteiger partial charge >= 0.3 is 0 Å². The lowest BCUT2D eigenvalue weighted by molar-refractivity contribution is 0.0935. The van der Waals surface area contributed by atoms with Crippen molar-refractivity contribution in [1.82, 2.24) is 15.3 Å². The van der Waals surface area contributed by atoms with Gasteiger partial charge in [-0.1, -0.05) is 12.1 Å². The van der Waals surface area contributed by atoms with Gasteiger partial charge in [-0.15, -0.1) is 0 Å². The van der Waals surface area contributed by atoms with Gasteiger partial charge < -0.3 is 10.6 Å². The summed E-state index contributed by atoms with van der Waals surface area (Å²) >= 11 is 0. The summed E-state index contributed by atoms with van der Waals surface area (Å²) in [5.41, 5.74) is 3.30. The number of nitrogens with zero attached hydrogens (tertiary/aromatic N) is 2. The average molecular weight is 360 g/mol. The molecule has 0 bridgehead atoms. The largest absolute Gasteiger partial charge is 0.347 e. The highest BCUT2D eigenvalue weighted by atomic mass is 32.2. The van der Waals surface area contributed by atoms with Crippen LogP contribution in [0.15, 0.2) is 30.6 Å². The summed E-state index contributed by atoms with van der Waals surface area (Å²) in [6.45, 7) is 4.00. The van der Waals surface area contributed by atoms with Crippen molar-refractivity contribution < 1.29 is 13.2 Å². The van der Waals surface area contributed by atoms with Crippen molar-refractivity contribution in [3.8, 4) is 0 Å². The molecule has 1 fully saturated rings. The van der Waals surface area contributed by atoms with Gasteiger partial charge in [0.25, 0.3) is 5.91 Å². The molecule has 7 nitrogen and oxygen atoms in total. The lowest BCUT2D eigenvalue weighted by atomic mass is 10.1. The molecule has 1 unspecified atom stereocenters. The first-order valence-electron chi connectivity index (χ1n) is 8.00. The van der Waals surface area contributed by atoms with E-state index in [-0.39, 0.29) is 23.2 Å². The number of carbonyl (C=O) groups is 1. The monoisotopic (exact) mass is 360 g/mol. The quantitative estimate of drug-likeness (QED) is 0.861. The molecule has 1 aliphatic heterocycles. The van der Waals surface area contributed by atoms with Crippen LogP contribution in [-0.2, 0) is 9.84 Å². The van der Waals surface area contributed by atoms with Crippen LogP contribution in [0.5, 0.6) is 0 Å². The third-order valence-electron chi connectivity index (χ3n) is 4.11. The smallest absolute Gasteiger partial charge is 0.271 e. The number of carbonyl (C=O) groups excluding carboxylic acids is 1. The van der Waals surface area contributed by atoms with E-state index in [1.54, 1.807) is 0 Å². The molecule has 2 N–H and O–H groups in total.